The van der Waals surface area contributed by atoms with Crippen molar-refractivity contribution in [1.82, 2.24) is 14.7 Å². The minimum absolute atomic E-state index is 0.0176. The molecule has 1 aliphatic rings. The average molecular weight is 352 g/mol. The van der Waals surface area contributed by atoms with E-state index >= 15 is 0 Å². The second kappa shape index (κ2) is 6.68. The highest BCUT2D eigenvalue weighted by Crippen LogP contribution is 2.22. The van der Waals surface area contributed by atoms with E-state index in [1.165, 1.54) is 16.8 Å². The van der Waals surface area contributed by atoms with Crippen LogP contribution in [0.2, 0.25) is 5.02 Å². The van der Waals surface area contributed by atoms with E-state index in [4.69, 9.17) is 17.3 Å². The van der Waals surface area contributed by atoms with E-state index in [0.29, 0.717) is 36.9 Å². The summed E-state index contributed by atoms with van der Waals surface area (Å²) in [6.45, 7) is 4.54. The highest BCUT2D eigenvalue weighted by atomic mass is 35.5. The molecule has 1 saturated heterocycles. The predicted octanol–water partition coefficient (Wildman–Crippen LogP) is 1.92. The number of nitrogens with two attached hydrogens (primary N) is 1. The summed E-state index contributed by atoms with van der Waals surface area (Å²) in [6.07, 6.45) is 0. The average Bonchev–Trinajstić information content (AvgIpc) is 2.83. The number of hydrogen-bond donors (Lipinski definition) is 1. The van der Waals surface area contributed by atoms with E-state index in [-0.39, 0.29) is 24.1 Å². The lowest BCUT2D eigenvalue weighted by Gasteiger charge is -2.36. The molecule has 128 valence electrons. The number of halogens is 2. The van der Waals surface area contributed by atoms with E-state index in [1.54, 1.807) is 24.0 Å². The SMILES string of the molecule is Cc1c(Cl)c(N)nn1CC(=O)N1CCN(c2ccc(F)cc2)CC1. The van der Waals surface area contributed by atoms with E-state index in [2.05, 4.69) is 10.00 Å². The van der Waals surface area contributed by atoms with Crippen molar-refractivity contribution in [1.29, 1.82) is 0 Å². The zero-order chi connectivity index (χ0) is 17.3. The van der Waals surface area contributed by atoms with Crippen LogP contribution in [-0.4, -0.2) is 46.8 Å². The van der Waals surface area contributed by atoms with Crippen molar-refractivity contribution >= 4 is 29.0 Å². The zero-order valence-electron chi connectivity index (χ0n) is 13.4. The molecule has 2 heterocycles. The summed E-state index contributed by atoms with van der Waals surface area (Å²) in [5, 5.41) is 4.48. The van der Waals surface area contributed by atoms with Crippen molar-refractivity contribution in [3.05, 3.63) is 40.8 Å². The van der Waals surface area contributed by atoms with Gasteiger partial charge in [0.05, 0.1) is 5.69 Å². The number of nitrogen functional groups attached to an aromatic ring is 1. The number of nitrogens with zero attached hydrogens (tertiary/aromatic N) is 4. The molecule has 0 atom stereocenters. The Hall–Kier alpha value is -2.28. The first-order chi connectivity index (χ1) is 11.5. The lowest BCUT2D eigenvalue weighted by atomic mass is 10.2. The molecule has 2 N–H and O–H groups in total. The van der Waals surface area contributed by atoms with E-state index < -0.39 is 0 Å². The quantitative estimate of drug-likeness (QED) is 0.917. The Bertz CT molecular complexity index is 738. The van der Waals surface area contributed by atoms with E-state index in [9.17, 15) is 9.18 Å². The van der Waals surface area contributed by atoms with Gasteiger partial charge in [-0.25, -0.2) is 4.39 Å². The summed E-state index contributed by atoms with van der Waals surface area (Å²) >= 11 is 6.00. The third-order valence-corrected chi connectivity index (χ3v) is 4.73. The van der Waals surface area contributed by atoms with Gasteiger partial charge in [0.25, 0.3) is 0 Å². The molecule has 24 heavy (non-hydrogen) atoms. The van der Waals surface area contributed by atoms with Crippen LogP contribution in [0.25, 0.3) is 0 Å². The lowest BCUT2D eigenvalue weighted by molar-refractivity contribution is -0.132. The first kappa shape index (κ1) is 16.6. The van der Waals surface area contributed by atoms with Gasteiger partial charge >= 0.3 is 0 Å². The molecule has 0 bridgehead atoms. The maximum absolute atomic E-state index is 13.0. The van der Waals surface area contributed by atoms with Gasteiger partial charge in [-0.1, -0.05) is 11.6 Å². The van der Waals surface area contributed by atoms with Crippen molar-refractivity contribution in [2.45, 2.75) is 13.5 Å². The molecule has 6 nitrogen and oxygen atoms in total. The minimum atomic E-state index is -0.250. The van der Waals surface area contributed by atoms with Crippen LogP contribution in [0.3, 0.4) is 0 Å². The Morgan fingerprint density at radius 1 is 1.25 bits per heavy atom. The second-order valence-electron chi connectivity index (χ2n) is 5.79. The van der Waals surface area contributed by atoms with Crippen LogP contribution in [0, 0.1) is 12.7 Å². The number of aromatic nitrogens is 2. The van der Waals surface area contributed by atoms with Crippen LogP contribution in [0.5, 0.6) is 0 Å². The fraction of sp³-hybridized carbons (Fsp3) is 0.375. The van der Waals surface area contributed by atoms with Crippen LogP contribution < -0.4 is 10.6 Å². The standard InChI is InChI=1S/C16H19ClFN5O/c1-11-15(17)16(19)20-23(11)10-14(24)22-8-6-21(7-9-22)13-4-2-12(18)3-5-13/h2-5H,6-10H2,1H3,(H2,19,20). The number of amides is 1. The van der Waals surface area contributed by atoms with Crippen LogP contribution in [0.1, 0.15) is 5.69 Å². The number of hydrogen-bond acceptors (Lipinski definition) is 4. The van der Waals surface area contributed by atoms with Crippen molar-refractivity contribution < 1.29 is 9.18 Å². The van der Waals surface area contributed by atoms with Gasteiger partial charge in [-0.05, 0) is 31.2 Å². The maximum atomic E-state index is 13.0. The lowest BCUT2D eigenvalue weighted by Crippen LogP contribution is -2.49. The Morgan fingerprint density at radius 2 is 1.88 bits per heavy atom. The molecular weight excluding hydrogens is 333 g/mol. The highest BCUT2D eigenvalue weighted by molar-refractivity contribution is 6.33. The molecule has 1 fully saturated rings. The van der Waals surface area contributed by atoms with Gasteiger partial charge in [-0.2, -0.15) is 5.10 Å². The van der Waals surface area contributed by atoms with Crippen LogP contribution in [0.4, 0.5) is 15.9 Å². The van der Waals surface area contributed by atoms with Crippen LogP contribution >= 0.6 is 11.6 Å². The van der Waals surface area contributed by atoms with E-state index in [1.807, 2.05) is 0 Å². The third kappa shape index (κ3) is 3.31. The number of piperazine rings is 1. The van der Waals surface area contributed by atoms with Crippen LogP contribution in [-0.2, 0) is 11.3 Å². The van der Waals surface area contributed by atoms with Crippen molar-refractivity contribution in [2.24, 2.45) is 0 Å². The largest absolute Gasteiger partial charge is 0.381 e. The Morgan fingerprint density at radius 3 is 2.42 bits per heavy atom. The number of carbonyl (C=O) groups is 1. The molecule has 0 spiro atoms. The Kier molecular flexibility index (Phi) is 4.62. The molecule has 1 aromatic carbocycles. The van der Waals surface area contributed by atoms with Crippen LogP contribution in [0.15, 0.2) is 24.3 Å². The fourth-order valence-corrected chi connectivity index (χ4v) is 2.93. The van der Waals surface area contributed by atoms with Crippen molar-refractivity contribution in [3.63, 3.8) is 0 Å². The number of carbonyl (C=O) groups excluding carboxylic acids is 1. The minimum Gasteiger partial charge on any atom is -0.381 e. The molecule has 0 saturated carbocycles. The fourth-order valence-electron chi connectivity index (χ4n) is 2.80. The molecular formula is C16H19ClFN5O. The Balaban J connectivity index is 1.59. The normalized spacial score (nSPS) is 15.0. The van der Waals surface area contributed by atoms with Gasteiger partial charge in [0, 0.05) is 31.9 Å². The van der Waals surface area contributed by atoms with Gasteiger partial charge in [-0.15, -0.1) is 0 Å². The zero-order valence-corrected chi connectivity index (χ0v) is 14.1. The molecule has 0 unspecified atom stereocenters. The molecule has 0 aliphatic carbocycles. The van der Waals surface area contributed by atoms with E-state index in [0.717, 1.165) is 5.69 Å². The van der Waals surface area contributed by atoms with Crippen molar-refractivity contribution in [2.75, 3.05) is 36.8 Å². The molecule has 8 heteroatoms. The number of benzene rings is 1. The second-order valence-corrected chi connectivity index (χ2v) is 6.16. The third-order valence-electron chi connectivity index (χ3n) is 4.27. The predicted molar refractivity (Wildman–Crippen MR) is 91.6 cm³/mol. The summed E-state index contributed by atoms with van der Waals surface area (Å²) < 4.78 is 14.5. The van der Waals surface area contributed by atoms with Gasteiger partial charge < -0.3 is 15.5 Å². The first-order valence-corrected chi connectivity index (χ1v) is 8.10. The Labute approximate surface area is 144 Å². The maximum Gasteiger partial charge on any atom is 0.244 e. The molecule has 3 rings (SSSR count). The number of anilines is 2. The molecule has 0 radical (unpaired) electrons. The summed E-state index contributed by atoms with van der Waals surface area (Å²) in [5.74, 6) is -0.0285. The van der Waals surface area contributed by atoms with Gasteiger partial charge in [0.2, 0.25) is 5.91 Å². The first-order valence-electron chi connectivity index (χ1n) is 7.72. The summed E-state index contributed by atoms with van der Waals surface area (Å²) in [5.41, 5.74) is 7.32. The number of rotatable bonds is 3. The summed E-state index contributed by atoms with van der Waals surface area (Å²) in [6, 6.07) is 6.40. The summed E-state index contributed by atoms with van der Waals surface area (Å²) in [7, 11) is 0. The molecule has 1 amide bonds. The topological polar surface area (TPSA) is 67.4 Å². The van der Waals surface area contributed by atoms with Gasteiger partial charge in [0.15, 0.2) is 5.82 Å². The summed E-state index contributed by atoms with van der Waals surface area (Å²) in [4.78, 5) is 16.4. The highest BCUT2D eigenvalue weighted by Gasteiger charge is 2.22. The molecule has 1 aromatic heterocycles. The van der Waals surface area contributed by atoms with Gasteiger partial charge in [-0.3, -0.25) is 9.48 Å². The van der Waals surface area contributed by atoms with Gasteiger partial charge in [0.1, 0.15) is 17.4 Å². The smallest absolute Gasteiger partial charge is 0.244 e. The molecule has 1 aliphatic heterocycles. The monoisotopic (exact) mass is 351 g/mol. The molecule has 2 aromatic rings. The van der Waals surface area contributed by atoms with Crippen molar-refractivity contribution in [3.8, 4) is 0 Å².